The number of carboxylic acid groups (broad SMARTS) is 1. The van der Waals surface area contributed by atoms with Gasteiger partial charge in [-0.05, 0) is 20.8 Å². The van der Waals surface area contributed by atoms with Gasteiger partial charge in [0.1, 0.15) is 0 Å². The molecular formula is C13H17N5O3. The zero-order valence-corrected chi connectivity index (χ0v) is 12.3. The van der Waals surface area contributed by atoms with E-state index in [9.17, 15) is 9.59 Å². The summed E-state index contributed by atoms with van der Waals surface area (Å²) in [5.41, 5.74) is 0.443. The van der Waals surface area contributed by atoms with Gasteiger partial charge in [-0.2, -0.15) is 10.2 Å². The molecule has 0 aliphatic rings. The number of hydrogen-bond acceptors (Lipinski definition) is 4. The van der Waals surface area contributed by atoms with Crippen molar-refractivity contribution < 1.29 is 14.7 Å². The van der Waals surface area contributed by atoms with E-state index < -0.39 is 11.5 Å². The van der Waals surface area contributed by atoms with Gasteiger partial charge in [0.25, 0.3) is 5.91 Å². The van der Waals surface area contributed by atoms with Crippen molar-refractivity contribution in [1.29, 1.82) is 0 Å². The SMILES string of the molecule is Cc1c(C(=O)Nc2cnn(C(C)(C)C(=O)O)c2)cnn1C. The number of carbonyl (C=O) groups excluding carboxylic acids is 1. The van der Waals surface area contributed by atoms with E-state index in [1.54, 1.807) is 18.7 Å². The number of aromatic nitrogens is 4. The van der Waals surface area contributed by atoms with Crippen LogP contribution in [-0.4, -0.2) is 36.5 Å². The van der Waals surface area contributed by atoms with Crippen LogP contribution in [-0.2, 0) is 17.4 Å². The molecule has 8 heteroatoms. The van der Waals surface area contributed by atoms with E-state index in [0.29, 0.717) is 11.3 Å². The number of amides is 1. The molecule has 1 amide bonds. The van der Waals surface area contributed by atoms with Gasteiger partial charge in [-0.15, -0.1) is 0 Å². The lowest BCUT2D eigenvalue weighted by Crippen LogP contribution is -2.35. The van der Waals surface area contributed by atoms with Crippen molar-refractivity contribution in [2.75, 3.05) is 5.32 Å². The Morgan fingerprint density at radius 2 is 1.95 bits per heavy atom. The third-order valence-electron chi connectivity index (χ3n) is 3.42. The largest absolute Gasteiger partial charge is 0.479 e. The first-order valence-electron chi connectivity index (χ1n) is 6.32. The standard InChI is InChI=1S/C13H17N5O3/c1-8-10(6-14-17(8)4)11(19)16-9-5-15-18(7-9)13(2,3)12(20)21/h5-7H,1-4H3,(H,16,19)(H,20,21). The fourth-order valence-electron chi connectivity index (χ4n) is 1.71. The molecule has 2 rings (SSSR count). The fourth-order valence-corrected chi connectivity index (χ4v) is 1.71. The maximum atomic E-state index is 12.1. The molecule has 0 aromatic carbocycles. The second-order valence-corrected chi connectivity index (χ2v) is 5.26. The van der Waals surface area contributed by atoms with Gasteiger partial charge in [-0.25, -0.2) is 4.79 Å². The molecule has 8 nitrogen and oxygen atoms in total. The normalized spacial score (nSPS) is 11.4. The molecule has 0 bridgehead atoms. The van der Waals surface area contributed by atoms with Crippen LogP contribution in [0.15, 0.2) is 18.6 Å². The second-order valence-electron chi connectivity index (χ2n) is 5.26. The number of anilines is 1. The Labute approximate surface area is 121 Å². The summed E-state index contributed by atoms with van der Waals surface area (Å²) in [5, 5.41) is 19.8. The van der Waals surface area contributed by atoms with Crippen LogP contribution in [0, 0.1) is 6.92 Å². The van der Waals surface area contributed by atoms with Gasteiger partial charge in [-0.1, -0.05) is 0 Å². The summed E-state index contributed by atoms with van der Waals surface area (Å²) in [6, 6.07) is 0. The first-order valence-corrected chi connectivity index (χ1v) is 6.32. The second kappa shape index (κ2) is 5.04. The predicted molar refractivity (Wildman–Crippen MR) is 75.1 cm³/mol. The zero-order valence-electron chi connectivity index (χ0n) is 12.3. The smallest absolute Gasteiger partial charge is 0.331 e. The van der Waals surface area contributed by atoms with Crippen LogP contribution in [0.2, 0.25) is 0 Å². The molecule has 2 aromatic heterocycles. The minimum atomic E-state index is -1.19. The van der Waals surface area contributed by atoms with Crippen LogP contribution in [0.1, 0.15) is 29.9 Å². The minimum absolute atomic E-state index is 0.312. The molecule has 0 radical (unpaired) electrons. The third-order valence-corrected chi connectivity index (χ3v) is 3.42. The molecular weight excluding hydrogens is 274 g/mol. The van der Waals surface area contributed by atoms with Crippen LogP contribution in [0.25, 0.3) is 0 Å². The first kappa shape index (κ1) is 14.8. The molecule has 2 heterocycles. The van der Waals surface area contributed by atoms with Gasteiger partial charge in [-0.3, -0.25) is 14.2 Å². The van der Waals surface area contributed by atoms with Gasteiger partial charge >= 0.3 is 5.97 Å². The number of hydrogen-bond donors (Lipinski definition) is 2. The summed E-state index contributed by atoms with van der Waals surface area (Å²) in [4.78, 5) is 23.3. The lowest BCUT2D eigenvalue weighted by atomic mass is 10.1. The van der Waals surface area contributed by atoms with Gasteiger partial charge < -0.3 is 10.4 Å². The summed E-state index contributed by atoms with van der Waals surface area (Å²) in [7, 11) is 1.75. The molecule has 0 saturated heterocycles. The number of nitrogens with one attached hydrogen (secondary N) is 1. The van der Waals surface area contributed by atoms with E-state index in [0.717, 1.165) is 5.69 Å². The molecule has 2 aromatic rings. The lowest BCUT2D eigenvalue weighted by molar-refractivity contribution is -0.146. The van der Waals surface area contributed by atoms with Crippen LogP contribution in [0.4, 0.5) is 5.69 Å². The van der Waals surface area contributed by atoms with E-state index in [4.69, 9.17) is 5.11 Å². The monoisotopic (exact) mass is 291 g/mol. The molecule has 0 fully saturated rings. The quantitative estimate of drug-likeness (QED) is 0.874. The fraction of sp³-hybridized carbons (Fsp3) is 0.385. The van der Waals surface area contributed by atoms with E-state index in [1.807, 2.05) is 0 Å². The molecule has 0 spiro atoms. The zero-order chi connectivity index (χ0) is 15.8. The average molecular weight is 291 g/mol. The van der Waals surface area contributed by atoms with Crippen molar-refractivity contribution in [2.24, 2.45) is 7.05 Å². The molecule has 21 heavy (non-hydrogen) atoms. The first-order chi connectivity index (χ1) is 9.73. The van der Waals surface area contributed by atoms with E-state index in [2.05, 4.69) is 15.5 Å². The van der Waals surface area contributed by atoms with Crippen LogP contribution in [0.3, 0.4) is 0 Å². The summed E-state index contributed by atoms with van der Waals surface area (Å²) < 4.78 is 2.90. The maximum absolute atomic E-state index is 12.1. The number of aryl methyl sites for hydroxylation is 1. The minimum Gasteiger partial charge on any atom is -0.479 e. The molecule has 0 aliphatic heterocycles. The van der Waals surface area contributed by atoms with Crippen LogP contribution in [0.5, 0.6) is 0 Å². The molecule has 112 valence electrons. The Kier molecular flexibility index (Phi) is 3.54. The molecule has 0 unspecified atom stereocenters. The number of aliphatic carboxylic acids is 1. The number of nitrogens with zero attached hydrogens (tertiary/aromatic N) is 4. The van der Waals surface area contributed by atoms with Crippen molar-refractivity contribution in [3.63, 3.8) is 0 Å². The van der Waals surface area contributed by atoms with Gasteiger partial charge in [0, 0.05) is 18.9 Å². The molecule has 0 atom stereocenters. The third kappa shape index (κ3) is 2.64. The topological polar surface area (TPSA) is 102 Å². The lowest BCUT2D eigenvalue weighted by Gasteiger charge is -2.19. The molecule has 0 saturated carbocycles. The predicted octanol–water partition coefficient (Wildman–Crippen LogP) is 0.997. The number of carbonyl (C=O) groups is 2. The highest BCUT2D eigenvalue weighted by Gasteiger charge is 2.30. The highest BCUT2D eigenvalue weighted by molar-refractivity contribution is 6.04. The summed E-state index contributed by atoms with van der Waals surface area (Å²) in [6.07, 6.45) is 4.38. The van der Waals surface area contributed by atoms with Crippen LogP contribution < -0.4 is 5.32 Å². The van der Waals surface area contributed by atoms with Gasteiger partial charge in [0.15, 0.2) is 5.54 Å². The van der Waals surface area contributed by atoms with Crippen molar-refractivity contribution in [3.05, 3.63) is 29.8 Å². The van der Waals surface area contributed by atoms with Gasteiger partial charge in [0.2, 0.25) is 0 Å². The number of rotatable bonds is 4. The Balaban J connectivity index is 2.18. The van der Waals surface area contributed by atoms with Crippen molar-refractivity contribution in [3.8, 4) is 0 Å². The average Bonchev–Trinajstić information content (AvgIpc) is 2.98. The molecule has 2 N–H and O–H groups in total. The Bertz CT molecular complexity index is 698. The highest BCUT2D eigenvalue weighted by atomic mass is 16.4. The van der Waals surface area contributed by atoms with E-state index >= 15 is 0 Å². The van der Waals surface area contributed by atoms with Crippen molar-refractivity contribution >= 4 is 17.6 Å². The van der Waals surface area contributed by atoms with E-state index in [-0.39, 0.29) is 5.91 Å². The Morgan fingerprint density at radius 3 is 2.48 bits per heavy atom. The maximum Gasteiger partial charge on any atom is 0.331 e. The summed E-state index contributed by atoms with van der Waals surface area (Å²) in [6.45, 7) is 4.84. The molecule has 0 aliphatic carbocycles. The Hall–Kier alpha value is -2.64. The summed E-state index contributed by atoms with van der Waals surface area (Å²) in [5.74, 6) is -1.32. The summed E-state index contributed by atoms with van der Waals surface area (Å²) >= 11 is 0. The van der Waals surface area contributed by atoms with Crippen molar-refractivity contribution in [1.82, 2.24) is 19.6 Å². The van der Waals surface area contributed by atoms with Gasteiger partial charge in [0.05, 0.1) is 23.6 Å². The van der Waals surface area contributed by atoms with Crippen molar-refractivity contribution in [2.45, 2.75) is 26.3 Å². The highest BCUT2D eigenvalue weighted by Crippen LogP contribution is 2.18. The Morgan fingerprint density at radius 1 is 1.29 bits per heavy atom. The van der Waals surface area contributed by atoms with E-state index in [1.165, 1.54) is 37.1 Å². The van der Waals surface area contributed by atoms with Crippen LogP contribution >= 0.6 is 0 Å². The number of carboxylic acids is 1.